The second-order valence-electron chi connectivity index (χ2n) is 5.16. The number of hydrogen-bond donors (Lipinski definition) is 1. The second kappa shape index (κ2) is 6.19. The Balaban J connectivity index is 1.89. The summed E-state index contributed by atoms with van der Waals surface area (Å²) >= 11 is 0. The van der Waals surface area contributed by atoms with Crippen LogP contribution in [0.25, 0.3) is 10.8 Å². The lowest BCUT2D eigenvalue weighted by Crippen LogP contribution is -2.38. The summed E-state index contributed by atoms with van der Waals surface area (Å²) in [7, 11) is 0. The van der Waals surface area contributed by atoms with E-state index in [0.717, 1.165) is 22.9 Å². The predicted octanol–water partition coefficient (Wildman–Crippen LogP) is 2.48. The van der Waals surface area contributed by atoms with Crippen LogP contribution < -0.4 is 9.57 Å². The number of fused-ring (bicyclic) bond motifs is 1. The minimum Gasteiger partial charge on any atom is -0.494 e. The molecule has 0 radical (unpaired) electrons. The number of carbonyl (C=O) groups is 1. The Morgan fingerprint density at radius 1 is 1.45 bits per heavy atom. The molecule has 1 atom stereocenters. The first-order chi connectivity index (χ1) is 10.7. The van der Waals surface area contributed by atoms with Crippen LogP contribution in [0.15, 0.2) is 30.5 Å². The summed E-state index contributed by atoms with van der Waals surface area (Å²) in [5, 5.41) is 12.5. The van der Waals surface area contributed by atoms with E-state index in [9.17, 15) is 9.90 Å². The number of aromatic nitrogens is 1. The van der Waals surface area contributed by atoms with E-state index >= 15 is 0 Å². The van der Waals surface area contributed by atoms with Crippen molar-refractivity contribution in [2.75, 3.05) is 13.2 Å². The number of ether oxygens (including phenoxy) is 1. The molecule has 0 saturated carbocycles. The molecule has 1 fully saturated rings. The predicted molar refractivity (Wildman–Crippen MR) is 80.9 cm³/mol. The number of carboxylic acids is 1. The van der Waals surface area contributed by atoms with Crippen molar-refractivity contribution in [3.63, 3.8) is 0 Å². The zero-order chi connectivity index (χ0) is 15.5. The molecule has 0 unspecified atom stereocenters. The van der Waals surface area contributed by atoms with E-state index < -0.39 is 12.0 Å². The van der Waals surface area contributed by atoms with E-state index in [1.54, 1.807) is 6.20 Å². The lowest BCUT2D eigenvalue weighted by Gasteiger charge is -2.21. The third-order valence-electron chi connectivity index (χ3n) is 3.70. The second-order valence-corrected chi connectivity index (χ2v) is 5.16. The summed E-state index contributed by atoms with van der Waals surface area (Å²) in [6.45, 7) is 3.13. The number of hydroxylamine groups is 2. The van der Waals surface area contributed by atoms with Crippen molar-refractivity contribution < 1.29 is 19.5 Å². The van der Waals surface area contributed by atoms with E-state index in [0.29, 0.717) is 25.5 Å². The highest BCUT2D eigenvalue weighted by Gasteiger charge is 2.33. The van der Waals surface area contributed by atoms with Crippen molar-refractivity contribution in [2.45, 2.75) is 25.8 Å². The van der Waals surface area contributed by atoms with Gasteiger partial charge in [0.05, 0.1) is 6.61 Å². The molecule has 1 aromatic heterocycles. The van der Waals surface area contributed by atoms with Crippen molar-refractivity contribution in [3.05, 3.63) is 30.5 Å². The zero-order valence-corrected chi connectivity index (χ0v) is 12.4. The molecule has 1 aromatic carbocycles. The van der Waals surface area contributed by atoms with Crippen LogP contribution in [0, 0.1) is 0 Å². The van der Waals surface area contributed by atoms with Crippen LogP contribution in [0.2, 0.25) is 0 Å². The summed E-state index contributed by atoms with van der Waals surface area (Å²) < 4.78 is 5.49. The Hall–Kier alpha value is -2.34. The molecule has 0 amide bonds. The monoisotopic (exact) mass is 302 g/mol. The highest BCUT2D eigenvalue weighted by atomic mass is 16.7. The zero-order valence-electron chi connectivity index (χ0n) is 12.4. The lowest BCUT2D eigenvalue weighted by atomic mass is 10.1. The molecule has 0 aliphatic carbocycles. The van der Waals surface area contributed by atoms with Crippen LogP contribution in [-0.4, -0.2) is 40.3 Å². The van der Waals surface area contributed by atoms with E-state index in [-0.39, 0.29) is 0 Å². The van der Waals surface area contributed by atoms with Gasteiger partial charge in [-0.15, -0.1) is 5.06 Å². The van der Waals surface area contributed by atoms with Gasteiger partial charge >= 0.3 is 5.97 Å². The minimum absolute atomic E-state index is 0.425. The van der Waals surface area contributed by atoms with Crippen LogP contribution in [-0.2, 0) is 4.79 Å². The van der Waals surface area contributed by atoms with Crippen molar-refractivity contribution in [1.82, 2.24) is 10.0 Å². The quantitative estimate of drug-likeness (QED) is 0.915. The van der Waals surface area contributed by atoms with Gasteiger partial charge < -0.3 is 14.7 Å². The Bertz CT molecular complexity index is 689. The van der Waals surface area contributed by atoms with Gasteiger partial charge in [0.25, 0.3) is 0 Å². The molecule has 22 heavy (non-hydrogen) atoms. The first-order valence-corrected chi connectivity index (χ1v) is 7.38. The number of hydrogen-bond acceptors (Lipinski definition) is 5. The average Bonchev–Trinajstić information content (AvgIpc) is 2.96. The number of pyridine rings is 1. The maximum atomic E-state index is 11.2. The summed E-state index contributed by atoms with van der Waals surface area (Å²) in [5.41, 5.74) is 0. The van der Waals surface area contributed by atoms with Gasteiger partial charge in [-0.25, -0.2) is 4.98 Å². The van der Waals surface area contributed by atoms with Gasteiger partial charge in [0.15, 0.2) is 0 Å². The summed E-state index contributed by atoms with van der Waals surface area (Å²) in [6, 6.07) is 6.93. The maximum Gasteiger partial charge on any atom is 0.324 e. The molecule has 6 heteroatoms. The third kappa shape index (κ3) is 2.82. The van der Waals surface area contributed by atoms with E-state index in [1.165, 1.54) is 5.06 Å². The highest BCUT2D eigenvalue weighted by Crippen LogP contribution is 2.29. The minimum atomic E-state index is -0.864. The smallest absolute Gasteiger partial charge is 0.324 e. The molecule has 1 aliphatic heterocycles. The van der Waals surface area contributed by atoms with Crippen LogP contribution >= 0.6 is 0 Å². The number of carboxylic acid groups (broad SMARTS) is 1. The van der Waals surface area contributed by atoms with Gasteiger partial charge in [0.1, 0.15) is 11.8 Å². The van der Waals surface area contributed by atoms with Gasteiger partial charge in [-0.3, -0.25) is 4.79 Å². The van der Waals surface area contributed by atoms with Crippen LogP contribution in [0.3, 0.4) is 0 Å². The third-order valence-corrected chi connectivity index (χ3v) is 3.70. The van der Waals surface area contributed by atoms with Gasteiger partial charge in [0, 0.05) is 18.1 Å². The van der Waals surface area contributed by atoms with Crippen molar-refractivity contribution in [3.8, 4) is 11.6 Å². The first-order valence-electron chi connectivity index (χ1n) is 7.38. The molecular formula is C16H18N2O4. The van der Waals surface area contributed by atoms with E-state index in [1.807, 2.05) is 31.2 Å². The van der Waals surface area contributed by atoms with Crippen LogP contribution in [0.4, 0.5) is 0 Å². The van der Waals surface area contributed by atoms with Crippen molar-refractivity contribution in [1.29, 1.82) is 0 Å². The molecular weight excluding hydrogens is 284 g/mol. The molecule has 0 bridgehead atoms. The molecule has 6 nitrogen and oxygen atoms in total. The molecule has 116 valence electrons. The highest BCUT2D eigenvalue weighted by molar-refractivity contribution is 5.87. The largest absolute Gasteiger partial charge is 0.494 e. The Morgan fingerprint density at radius 2 is 2.32 bits per heavy atom. The van der Waals surface area contributed by atoms with Crippen LogP contribution in [0.5, 0.6) is 11.6 Å². The Labute approximate surface area is 128 Å². The number of rotatable bonds is 5. The van der Waals surface area contributed by atoms with E-state index in [2.05, 4.69) is 4.98 Å². The average molecular weight is 302 g/mol. The molecule has 3 rings (SSSR count). The summed E-state index contributed by atoms with van der Waals surface area (Å²) in [4.78, 5) is 21.2. The number of nitrogens with zero attached hydrogens (tertiary/aromatic N) is 2. The molecule has 2 aromatic rings. The topological polar surface area (TPSA) is 71.9 Å². The molecule has 1 saturated heterocycles. The van der Waals surface area contributed by atoms with Gasteiger partial charge in [-0.05, 0) is 49.4 Å². The normalized spacial score (nSPS) is 18.5. The molecule has 1 N–H and O–H groups in total. The van der Waals surface area contributed by atoms with Crippen LogP contribution in [0.1, 0.15) is 19.8 Å². The van der Waals surface area contributed by atoms with Gasteiger partial charge in [0.2, 0.25) is 5.88 Å². The van der Waals surface area contributed by atoms with Gasteiger partial charge in [-0.2, -0.15) is 0 Å². The van der Waals surface area contributed by atoms with Crippen molar-refractivity contribution >= 4 is 16.7 Å². The first kappa shape index (κ1) is 14.6. The number of benzene rings is 1. The van der Waals surface area contributed by atoms with Crippen molar-refractivity contribution in [2.24, 2.45) is 0 Å². The molecule has 2 heterocycles. The fraction of sp³-hybridized carbons (Fsp3) is 0.375. The maximum absolute atomic E-state index is 11.2. The molecule has 0 spiro atoms. The molecule has 1 aliphatic rings. The summed E-state index contributed by atoms with van der Waals surface area (Å²) in [5.74, 6) is 0.349. The Morgan fingerprint density at radius 3 is 3.09 bits per heavy atom. The van der Waals surface area contributed by atoms with E-state index in [4.69, 9.17) is 9.57 Å². The fourth-order valence-electron chi connectivity index (χ4n) is 2.66. The lowest BCUT2D eigenvalue weighted by molar-refractivity contribution is -0.155. The standard InChI is InChI=1S/C16H18N2O4/c1-2-21-12-5-6-13-11(10-12)7-8-17-15(13)22-18-9-3-4-14(18)16(19)20/h5-8,10,14H,2-4,9H2,1H3,(H,19,20)/t14-/m1/s1. The number of aliphatic carboxylic acids is 1. The Kier molecular flexibility index (Phi) is 4.11. The van der Waals surface area contributed by atoms with Gasteiger partial charge in [-0.1, -0.05) is 0 Å². The summed E-state index contributed by atoms with van der Waals surface area (Å²) in [6.07, 6.45) is 3.05. The SMILES string of the molecule is CCOc1ccc2c(ON3CCC[C@@H]3C(=O)O)nccc2c1. The fourth-order valence-corrected chi connectivity index (χ4v) is 2.66.